The predicted octanol–water partition coefficient (Wildman–Crippen LogP) is 8.72. The molecule has 0 amide bonds. The number of unbranched alkanes of at least 4 members (excludes halogenated alkanes) is 16. The molecule has 34 heavy (non-hydrogen) atoms. The van der Waals surface area contributed by atoms with E-state index >= 15 is 0 Å². The zero-order chi connectivity index (χ0) is 24.7. The summed E-state index contributed by atoms with van der Waals surface area (Å²) in [6.45, 7) is 5.42. The Morgan fingerprint density at radius 2 is 0.824 bits per heavy atom. The highest BCUT2D eigenvalue weighted by Crippen LogP contribution is 2.28. The normalized spacial score (nSPS) is 17.6. The van der Waals surface area contributed by atoms with Gasteiger partial charge in [0.2, 0.25) is 0 Å². The van der Waals surface area contributed by atoms with Gasteiger partial charge in [-0.2, -0.15) is 0 Å². The van der Waals surface area contributed by atoms with Crippen molar-refractivity contribution >= 4 is 11.9 Å². The van der Waals surface area contributed by atoms with E-state index in [1.165, 1.54) is 89.9 Å². The molecule has 2 unspecified atom stereocenters. The molecule has 0 aromatic carbocycles. The van der Waals surface area contributed by atoms with Crippen LogP contribution in [0.15, 0.2) is 12.2 Å². The van der Waals surface area contributed by atoms with Crippen LogP contribution < -0.4 is 0 Å². The maximum atomic E-state index is 12.6. The summed E-state index contributed by atoms with van der Waals surface area (Å²) in [7, 11) is 0. The Morgan fingerprint density at radius 3 is 1.15 bits per heavy atom. The van der Waals surface area contributed by atoms with Gasteiger partial charge in [-0.05, 0) is 25.7 Å². The summed E-state index contributed by atoms with van der Waals surface area (Å²) in [6.07, 6.45) is 27.5. The SMILES string of the molecule is CCCCCCCCCCCOC(=O)C1CC=CCC1C(=O)OCCCCCCCCCCC. The van der Waals surface area contributed by atoms with Crippen molar-refractivity contribution in [3.8, 4) is 0 Å². The Labute approximate surface area is 210 Å². The third-order valence-electron chi connectivity index (χ3n) is 7.02. The number of hydrogen-bond acceptors (Lipinski definition) is 4. The smallest absolute Gasteiger partial charge is 0.310 e. The molecule has 0 spiro atoms. The maximum Gasteiger partial charge on any atom is 0.310 e. The van der Waals surface area contributed by atoms with Crippen LogP contribution in [0.4, 0.5) is 0 Å². The van der Waals surface area contributed by atoms with Gasteiger partial charge in [-0.1, -0.05) is 129 Å². The van der Waals surface area contributed by atoms with Gasteiger partial charge in [0.15, 0.2) is 0 Å². The molecular weight excluding hydrogens is 424 g/mol. The molecule has 4 nitrogen and oxygen atoms in total. The van der Waals surface area contributed by atoms with Crippen molar-refractivity contribution < 1.29 is 19.1 Å². The van der Waals surface area contributed by atoms with E-state index in [0.29, 0.717) is 26.1 Å². The fourth-order valence-corrected chi connectivity index (χ4v) is 4.72. The highest BCUT2D eigenvalue weighted by molar-refractivity contribution is 5.82. The highest BCUT2D eigenvalue weighted by atomic mass is 16.5. The van der Waals surface area contributed by atoms with Gasteiger partial charge in [0, 0.05) is 0 Å². The van der Waals surface area contributed by atoms with E-state index in [2.05, 4.69) is 13.8 Å². The van der Waals surface area contributed by atoms with Crippen LogP contribution in [-0.2, 0) is 19.1 Å². The van der Waals surface area contributed by atoms with Gasteiger partial charge in [0.05, 0.1) is 25.0 Å². The molecule has 1 aliphatic carbocycles. The summed E-state index contributed by atoms with van der Waals surface area (Å²) in [5, 5.41) is 0. The lowest BCUT2D eigenvalue weighted by Gasteiger charge is -2.25. The van der Waals surface area contributed by atoms with Crippen LogP contribution in [0.25, 0.3) is 0 Å². The summed E-state index contributed by atoms with van der Waals surface area (Å²) in [5.74, 6) is -1.23. The molecule has 4 heteroatoms. The maximum absolute atomic E-state index is 12.6. The standard InChI is InChI=1S/C30H54O4/c1-3-5-7-9-11-13-15-17-21-25-33-29(31)27-23-19-20-24-28(27)30(32)34-26-22-18-16-14-12-10-8-6-4-2/h19-20,27-28H,3-18,21-26H2,1-2H3. The number of carbonyl (C=O) groups excluding carboxylic acids is 2. The molecule has 0 fully saturated rings. The van der Waals surface area contributed by atoms with Crippen LogP contribution in [0.5, 0.6) is 0 Å². The predicted molar refractivity (Wildman–Crippen MR) is 142 cm³/mol. The summed E-state index contributed by atoms with van der Waals surface area (Å²) >= 11 is 0. The summed E-state index contributed by atoms with van der Waals surface area (Å²) in [4.78, 5) is 25.3. The highest BCUT2D eigenvalue weighted by Gasteiger charge is 2.36. The van der Waals surface area contributed by atoms with Crippen molar-refractivity contribution in [2.24, 2.45) is 11.8 Å². The van der Waals surface area contributed by atoms with E-state index in [4.69, 9.17) is 9.47 Å². The lowest BCUT2D eigenvalue weighted by atomic mass is 9.83. The fourth-order valence-electron chi connectivity index (χ4n) is 4.72. The van der Waals surface area contributed by atoms with Crippen molar-refractivity contribution in [2.75, 3.05) is 13.2 Å². The Morgan fingerprint density at radius 1 is 0.529 bits per heavy atom. The molecule has 0 aromatic rings. The molecule has 0 heterocycles. The van der Waals surface area contributed by atoms with Gasteiger partial charge >= 0.3 is 11.9 Å². The molecule has 0 saturated heterocycles. The quantitative estimate of drug-likeness (QED) is 0.0886. The number of esters is 2. The second-order valence-electron chi connectivity index (χ2n) is 10.1. The third kappa shape index (κ3) is 15.6. The largest absolute Gasteiger partial charge is 0.465 e. The van der Waals surface area contributed by atoms with E-state index in [-0.39, 0.29) is 23.8 Å². The topological polar surface area (TPSA) is 52.6 Å². The van der Waals surface area contributed by atoms with Crippen LogP contribution in [0.1, 0.15) is 142 Å². The minimum Gasteiger partial charge on any atom is -0.465 e. The first-order chi connectivity index (χ1) is 16.7. The van der Waals surface area contributed by atoms with Crippen molar-refractivity contribution in [3.05, 3.63) is 12.2 Å². The average molecular weight is 479 g/mol. The van der Waals surface area contributed by atoms with Gasteiger partial charge in [0.25, 0.3) is 0 Å². The van der Waals surface area contributed by atoms with Gasteiger partial charge in [0.1, 0.15) is 0 Å². The van der Waals surface area contributed by atoms with E-state index in [1.54, 1.807) is 0 Å². The van der Waals surface area contributed by atoms with Crippen molar-refractivity contribution in [3.63, 3.8) is 0 Å². The average Bonchev–Trinajstić information content (AvgIpc) is 2.86. The summed E-state index contributed by atoms with van der Waals surface area (Å²) < 4.78 is 11.1. The van der Waals surface area contributed by atoms with Crippen LogP contribution in [0.3, 0.4) is 0 Å². The Hall–Kier alpha value is -1.32. The molecule has 2 atom stereocenters. The van der Waals surface area contributed by atoms with Crippen LogP contribution >= 0.6 is 0 Å². The van der Waals surface area contributed by atoms with E-state index in [1.807, 2.05) is 12.2 Å². The first-order valence-corrected chi connectivity index (χ1v) is 14.7. The molecule has 0 aromatic heterocycles. The Kier molecular flexibility index (Phi) is 20.0. The van der Waals surface area contributed by atoms with Gasteiger partial charge in [-0.3, -0.25) is 9.59 Å². The molecular formula is C30H54O4. The monoisotopic (exact) mass is 478 g/mol. The van der Waals surface area contributed by atoms with E-state index in [9.17, 15) is 9.59 Å². The molecule has 0 aliphatic heterocycles. The number of hydrogen-bond donors (Lipinski definition) is 0. The number of rotatable bonds is 22. The van der Waals surface area contributed by atoms with E-state index in [0.717, 1.165) is 25.7 Å². The third-order valence-corrected chi connectivity index (χ3v) is 7.02. The van der Waals surface area contributed by atoms with Gasteiger partial charge < -0.3 is 9.47 Å². The lowest BCUT2D eigenvalue weighted by molar-refractivity contribution is -0.161. The zero-order valence-corrected chi connectivity index (χ0v) is 22.5. The van der Waals surface area contributed by atoms with Gasteiger partial charge in [-0.25, -0.2) is 0 Å². The minimum atomic E-state index is -0.390. The molecule has 0 N–H and O–H groups in total. The van der Waals surface area contributed by atoms with Crippen LogP contribution in [0, 0.1) is 11.8 Å². The molecule has 198 valence electrons. The van der Waals surface area contributed by atoms with Crippen molar-refractivity contribution in [1.82, 2.24) is 0 Å². The second-order valence-corrected chi connectivity index (χ2v) is 10.1. The number of ether oxygens (including phenoxy) is 2. The van der Waals surface area contributed by atoms with Crippen molar-refractivity contribution in [1.29, 1.82) is 0 Å². The molecule has 0 saturated carbocycles. The molecule has 1 aliphatic rings. The van der Waals surface area contributed by atoms with Gasteiger partial charge in [-0.15, -0.1) is 0 Å². The van der Waals surface area contributed by atoms with Crippen LogP contribution in [0.2, 0.25) is 0 Å². The second kappa shape index (κ2) is 22.2. The number of carbonyl (C=O) groups is 2. The minimum absolute atomic E-state index is 0.228. The Bertz CT molecular complexity index is 482. The first-order valence-electron chi connectivity index (χ1n) is 14.7. The van der Waals surface area contributed by atoms with Crippen molar-refractivity contribution in [2.45, 2.75) is 142 Å². The molecule has 1 rings (SSSR count). The fraction of sp³-hybridized carbons (Fsp3) is 0.867. The van der Waals surface area contributed by atoms with E-state index < -0.39 is 0 Å². The zero-order valence-electron chi connectivity index (χ0n) is 22.5. The summed E-state index contributed by atoms with van der Waals surface area (Å²) in [6, 6.07) is 0. The lowest BCUT2D eigenvalue weighted by Crippen LogP contribution is -2.34. The molecule has 0 radical (unpaired) electrons. The number of allylic oxidation sites excluding steroid dienone is 2. The molecule has 0 bridgehead atoms. The Balaban J connectivity index is 2.12. The first kappa shape index (κ1) is 30.7. The summed E-state index contributed by atoms with van der Waals surface area (Å²) in [5.41, 5.74) is 0. The van der Waals surface area contributed by atoms with Crippen LogP contribution in [-0.4, -0.2) is 25.2 Å².